The van der Waals surface area contributed by atoms with E-state index >= 15 is 0 Å². The van der Waals surface area contributed by atoms with Gasteiger partial charge >= 0.3 is 6.18 Å². The van der Waals surface area contributed by atoms with Crippen molar-refractivity contribution < 1.29 is 13.2 Å². The molecule has 0 unspecified atom stereocenters. The standard InChI is InChI=1S/C16H18F3N/c1-4-8-13(5-2)11-20-12(3)14-9-6-7-10-15(14)16(17,18)19/h4-10,12,20H,1-2,11H2,3H3/b13-8+/t12-/m1/s1. The number of hydrogen-bond acceptors (Lipinski definition) is 1. The minimum Gasteiger partial charge on any atom is -0.306 e. The third-order valence-corrected chi connectivity index (χ3v) is 2.94. The number of allylic oxidation sites excluding steroid dienone is 2. The first kappa shape index (κ1) is 16.2. The zero-order chi connectivity index (χ0) is 15.2. The van der Waals surface area contributed by atoms with Crippen molar-refractivity contribution in [1.82, 2.24) is 5.32 Å². The molecule has 0 aliphatic heterocycles. The number of benzene rings is 1. The van der Waals surface area contributed by atoms with E-state index in [-0.39, 0.29) is 5.56 Å². The monoisotopic (exact) mass is 281 g/mol. The molecule has 1 rings (SSSR count). The third-order valence-electron chi connectivity index (χ3n) is 2.94. The Morgan fingerprint density at radius 2 is 1.95 bits per heavy atom. The van der Waals surface area contributed by atoms with Gasteiger partial charge in [0.1, 0.15) is 0 Å². The Labute approximate surface area is 117 Å². The van der Waals surface area contributed by atoms with Crippen molar-refractivity contribution in [2.45, 2.75) is 19.1 Å². The smallest absolute Gasteiger partial charge is 0.306 e. The van der Waals surface area contributed by atoms with E-state index in [0.717, 1.165) is 11.6 Å². The fourth-order valence-electron chi connectivity index (χ4n) is 1.86. The van der Waals surface area contributed by atoms with Gasteiger partial charge in [-0.3, -0.25) is 0 Å². The molecule has 0 fully saturated rings. The maximum atomic E-state index is 12.9. The molecule has 0 amide bonds. The Hall–Kier alpha value is -1.81. The summed E-state index contributed by atoms with van der Waals surface area (Å²) in [4.78, 5) is 0. The van der Waals surface area contributed by atoms with Crippen LogP contribution >= 0.6 is 0 Å². The van der Waals surface area contributed by atoms with Gasteiger partial charge < -0.3 is 5.32 Å². The van der Waals surface area contributed by atoms with Crippen LogP contribution in [0.1, 0.15) is 24.1 Å². The second kappa shape index (κ2) is 7.10. The summed E-state index contributed by atoms with van der Waals surface area (Å²) in [6.45, 7) is 9.37. The Balaban J connectivity index is 2.88. The second-order valence-electron chi connectivity index (χ2n) is 4.37. The van der Waals surface area contributed by atoms with E-state index in [9.17, 15) is 13.2 Å². The molecule has 20 heavy (non-hydrogen) atoms. The van der Waals surface area contributed by atoms with E-state index in [2.05, 4.69) is 18.5 Å². The summed E-state index contributed by atoms with van der Waals surface area (Å²) in [6.07, 6.45) is 0.692. The van der Waals surface area contributed by atoms with E-state index < -0.39 is 17.8 Å². The van der Waals surface area contributed by atoms with Crippen molar-refractivity contribution in [1.29, 1.82) is 0 Å². The molecule has 1 aromatic rings. The molecule has 0 bridgehead atoms. The van der Waals surface area contributed by atoms with Crippen LogP contribution in [0.5, 0.6) is 0 Å². The van der Waals surface area contributed by atoms with Crippen LogP contribution in [-0.4, -0.2) is 6.54 Å². The quantitative estimate of drug-likeness (QED) is 0.748. The zero-order valence-corrected chi connectivity index (χ0v) is 11.4. The molecule has 1 atom stereocenters. The van der Waals surface area contributed by atoms with E-state index in [1.165, 1.54) is 12.1 Å². The number of nitrogens with one attached hydrogen (secondary N) is 1. The lowest BCUT2D eigenvalue weighted by atomic mass is 10.0. The minimum absolute atomic E-state index is 0.238. The van der Waals surface area contributed by atoms with Crippen molar-refractivity contribution >= 4 is 0 Å². The summed E-state index contributed by atoms with van der Waals surface area (Å²) in [5.74, 6) is 0. The van der Waals surface area contributed by atoms with E-state index in [0.29, 0.717) is 6.54 Å². The van der Waals surface area contributed by atoms with Crippen LogP contribution in [0.2, 0.25) is 0 Å². The van der Waals surface area contributed by atoms with Gasteiger partial charge in [-0.2, -0.15) is 13.2 Å². The van der Waals surface area contributed by atoms with Crippen molar-refractivity contribution in [2.75, 3.05) is 6.54 Å². The zero-order valence-electron chi connectivity index (χ0n) is 11.4. The Kier molecular flexibility index (Phi) is 5.77. The molecule has 108 valence electrons. The fraction of sp³-hybridized carbons (Fsp3) is 0.250. The van der Waals surface area contributed by atoms with Gasteiger partial charge in [-0.15, -0.1) is 0 Å². The van der Waals surface area contributed by atoms with Crippen molar-refractivity contribution in [3.8, 4) is 0 Å². The highest BCUT2D eigenvalue weighted by Crippen LogP contribution is 2.34. The van der Waals surface area contributed by atoms with Gasteiger partial charge in [0.05, 0.1) is 5.56 Å². The molecular weight excluding hydrogens is 263 g/mol. The van der Waals surface area contributed by atoms with Crippen LogP contribution in [0.3, 0.4) is 0 Å². The first-order valence-electron chi connectivity index (χ1n) is 6.23. The SMILES string of the molecule is C=C/C=C(\C=C)CN[C@H](C)c1ccccc1C(F)(F)F. The topological polar surface area (TPSA) is 12.0 Å². The summed E-state index contributed by atoms with van der Waals surface area (Å²) in [5.41, 5.74) is 0.506. The summed E-state index contributed by atoms with van der Waals surface area (Å²) >= 11 is 0. The molecule has 0 radical (unpaired) electrons. The van der Waals surface area contributed by atoms with Gasteiger partial charge in [0, 0.05) is 12.6 Å². The predicted molar refractivity (Wildman–Crippen MR) is 76.3 cm³/mol. The van der Waals surface area contributed by atoms with Gasteiger partial charge in [0.2, 0.25) is 0 Å². The van der Waals surface area contributed by atoms with Crippen LogP contribution in [0, 0.1) is 0 Å². The van der Waals surface area contributed by atoms with Crippen molar-refractivity contribution in [3.63, 3.8) is 0 Å². The Morgan fingerprint density at radius 1 is 1.30 bits per heavy atom. The van der Waals surface area contributed by atoms with Crippen LogP contribution in [0.4, 0.5) is 13.2 Å². The molecule has 1 aromatic carbocycles. The molecule has 0 spiro atoms. The number of rotatable bonds is 6. The molecule has 1 N–H and O–H groups in total. The van der Waals surface area contributed by atoms with Gasteiger partial charge in [-0.05, 0) is 24.1 Å². The lowest BCUT2D eigenvalue weighted by molar-refractivity contribution is -0.138. The molecule has 4 heteroatoms. The van der Waals surface area contributed by atoms with Crippen molar-refractivity contribution in [3.05, 3.63) is 72.4 Å². The molecule has 0 heterocycles. The Bertz CT molecular complexity index is 501. The summed E-state index contributed by atoms with van der Waals surface area (Å²) < 4.78 is 38.8. The van der Waals surface area contributed by atoms with Gasteiger partial charge in [-0.1, -0.05) is 49.6 Å². The largest absolute Gasteiger partial charge is 0.416 e. The molecule has 0 aromatic heterocycles. The van der Waals surface area contributed by atoms with Gasteiger partial charge in [0.15, 0.2) is 0 Å². The normalized spacial score (nSPS) is 13.9. The van der Waals surface area contributed by atoms with Crippen LogP contribution in [-0.2, 0) is 6.18 Å². The third kappa shape index (κ3) is 4.38. The van der Waals surface area contributed by atoms with Gasteiger partial charge in [0.25, 0.3) is 0 Å². The molecule has 0 aliphatic rings. The second-order valence-corrected chi connectivity index (χ2v) is 4.37. The number of halogens is 3. The first-order valence-corrected chi connectivity index (χ1v) is 6.23. The molecule has 0 aliphatic carbocycles. The lowest BCUT2D eigenvalue weighted by Gasteiger charge is -2.19. The lowest BCUT2D eigenvalue weighted by Crippen LogP contribution is -2.23. The predicted octanol–water partition coefficient (Wildman–Crippen LogP) is 4.65. The molecule has 1 nitrogen and oxygen atoms in total. The fourth-order valence-corrected chi connectivity index (χ4v) is 1.86. The summed E-state index contributed by atoms with van der Waals surface area (Å²) in [5, 5.41) is 3.06. The molecular formula is C16H18F3N. The minimum atomic E-state index is -4.34. The molecule has 0 saturated heterocycles. The maximum Gasteiger partial charge on any atom is 0.416 e. The van der Waals surface area contributed by atoms with Crippen LogP contribution < -0.4 is 5.32 Å². The first-order chi connectivity index (χ1) is 9.40. The summed E-state index contributed by atoms with van der Waals surface area (Å²) in [7, 11) is 0. The number of alkyl halides is 3. The average Bonchev–Trinajstić information content (AvgIpc) is 2.42. The molecule has 0 saturated carbocycles. The van der Waals surface area contributed by atoms with Crippen LogP contribution in [0.25, 0.3) is 0 Å². The van der Waals surface area contributed by atoms with E-state index in [4.69, 9.17) is 0 Å². The highest BCUT2D eigenvalue weighted by Gasteiger charge is 2.33. The maximum absolute atomic E-state index is 12.9. The Morgan fingerprint density at radius 3 is 2.50 bits per heavy atom. The van der Waals surface area contributed by atoms with E-state index in [1.54, 1.807) is 31.2 Å². The van der Waals surface area contributed by atoms with Crippen molar-refractivity contribution in [2.24, 2.45) is 0 Å². The summed E-state index contributed by atoms with van der Waals surface area (Å²) in [6, 6.07) is 5.18. The highest BCUT2D eigenvalue weighted by atomic mass is 19.4. The number of hydrogen-bond donors (Lipinski definition) is 1. The average molecular weight is 281 g/mol. The van der Waals surface area contributed by atoms with E-state index in [1.807, 2.05) is 0 Å². The highest BCUT2D eigenvalue weighted by molar-refractivity contribution is 5.32. The van der Waals surface area contributed by atoms with Crippen LogP contribution in [0.15, 0.2) is 61.2 Å². The van der Waals surface area contributed by atoms with Gasteiger partial charge in [-0.25, -0.2) is 0 Å².